The fraction of sp³-hybridized carbons (Fsp3) is 0.571. The van der Waals surface area contributed by atoms with Crippen LogP contribution in [-0.2, 0) is 32.7 Å². The number of esters is 2. The Morgan fingerprint density at radius 3 is 1.00 bits per heavy atom. The highest BCUT2D eigenvalue weighted by Gasteiger charge is 2.27. The number of unbranched alkanes of at least 4 members (excludes halogenated alkanes) is 12. The number of quaternary nitrogens is 1. The van der Waals surface area contributed by atoms with Crippen LogP contribution in [0.4, 0.5) is 0 Å². The Balaban J connectivity index is 4.18. The molecule has 9 nitrogen and oxygen atoms in total. The van der Waals surface area contributed by atoms with Crippen LogP contribution in [-0.4, -0.2) is 74.9 Å². The van der Waals surface area contributed by atoms with Crippen molar-refractivity contribution in [1.82, 2.24) is 0 Å². The summed E-state index contributed by atoms with van der Waals surface area (Å²) in [6, 6.07) is 0. The number of allylic oxidation sites excluding steroid dienone is 28. The number of ether oxygens (including phenoxy) is 2. The van der Waals surface area contributed by atoms with Gasteiger partial charge in [-0.25, -0.2) is 4.57 Å². The second-order valence-corrected chi connectivity index (χ2v) is 22.4. The third-order valence-corrected chi connectivity index (χ3v) is 13.2. The van der Waals surface area contributed by atoms with Gasteiger partial charge in [0, 0.05) is 12.8 Å². The molecule has 0 saturated carbocycles. The third-order valence-electron chi connectivity index (χ3n) is 12.2. The number of carbonyl (C=O) groups excluding carboxylic acids is 2. The Kier molecular flexibility index (Phi) is 55.6. The van der Waals surface area contributed by atoms with Crippen LogP contribution in [0, 0.1) is 0 Å². The van der Waals surface area contributed by atoms with Crippen LogP contribution in [0.1, 0.15) is 206 Å². The topological polar surface area (TPSA) is 108 Å². The van der Waals surface area contributed by atoms with E-state index < -0.39 is 32.5 Å². The number of hydrogen-bond acceptors (Lipinski definition) is 7. The standard InChI is InChI=1S/C70H112NO8P/c1-6-8-10-12-14-16-18-20-22-24-25-26-27-28-29-30-31-32-33-34-35-36-37-38-39-40-41-42-43-44-45-47-49-51-53-55-57-59-61-63-70(73)79-68(67-78-80(74,75)77-65-64-71(3,4)5)66-76-69(72)62-60-58-56-54-52-50-48-46-23-21-19-17-15-13-11-9-7-2/h8-11,14-17,20-23,25-26,28-29,31-32,34-35,37-38,40-41,43-44,48,50,68H,6-7,12-13,18-19,24,27,30,33,36,39,42,45-47,49,51-67H2,1-5H3/p+1/b10-8-,11-9-,16-14-,17-15-,22-20-,23-21-,26-25-,29-28-,32-31-,35-34-,38-37-,41-40-,44-43-,50-48-. The number of phosphoric ester groups is 1. The zero-order chi connectivity index (χ0) is 58.4. The van der Waals surface area contributed by atoms with Crippen molar-refractivity contribution in [1.29, 1.82) is 0 Å². The minimum absolute atomic E-state index is 0.0162. The van der Waals surface area contributed by atoms with Gasteiger partial charge in [-0.15, -0.1) is 0 Å². The molecular weight excluding hydrogens is 1010 g/mol. The first kappa shape index (κ1) is 75.4. The van der Waals surface area contributed by atoms with E-state index in [1.54, 1.807) is 0 Å². The number of likely N-dealkylation sites (N-methyl/N-ethyl adjacent to an activating group) is 1. The van der Waals surface area contributed by atoms with Crippen molar-refractivity contribution in [3.63, 3.8) is 0 Å². The third kappa shape index (κ3) is 62.6. The second kappa shape index (κ2) is 59.0. The van der Waals surface area contributed by atoms with Crippen LogP contribution in [0.15, 0.2) is 170 Å². The van der Waals surface area contributed by atoms with Crippen molar-refractivity contribution in [3.8, 4) is 0 Å². The number of nitrogens with zero attached hydrogens (tertiary/aromatic N) is 1. The van der Waals surface area contributed by atoms with Gasteiger partial charge in [-0.1, -0.05) is 235 Å². The van der Waals surface area contributed by atoms with Gasteiger partial charge in [0.25, 0.3) is 0 Å². The molecule has 0 aromatic heterocycles. The summed E-state index contributed by atoms with van der Waals surface area (Å²) in [5, 5.41) is 0. The van der Waals surface area contributed by atoms with E-state index in [1.807, 2.05) is 21.1 Å². The van der Waals surface area contributed by atoms with Crippen LogP contribution in [0.3, 0.4) is 0 Å². The predicted molar refractivity (Wildman–Crippen MR) is 343 cm³/mol. The van der Waals surface area contributed by atoms with Crippen molar-refractivity contribution in [2.75, 3.05) is 47.5 Å². The van der Waals surface area contributed by atoms with E-state index in [2.05, 4.69) is 184 Å². The normalized spacial score (nSPS) is 14.4. The van der Waals surface area contributed by atoms with Crippen LogP contribution < -0.4 is 0 Å². The highest BCUT2D eigenvalue weighted by molar-refractivity contribution is 7.47. The maximum Gasteiger partial charge on any atom is 0.472 e. The molecule has 0 aromatic rings. The van der Waals surface area contributed by atoms with Crippen LogP contribution in [0.2, 0.25) is 0 Å². The van der Waals surface area contributed by atoms with Crippen molar-refractivity contribution < 1.29 is 42.1 Å². The Labute approximate surface area is 489 Å². The molecule has 0 aliphatic heterocycles. The molecule has 450 valence electrons. The SMILES string of the molecule is CC/C=C\C/C=C\C/C=C\C/C=C\C/C=C\C/C=C\C/C=C\C/C=C\C/C=C\C/C=C\CCCCCCCCCCC(=O)OC(COC(=O)CCCCCC/C=C\C/C=C\C/C=C\C/C=C\CC)COP(=O)(O)OCC[N+](C)(C)C. The maximum absolute atomic E-state index is 12.8. The van der Waals surface area contributed by atoms with Gasteiger partial charge in [-0.05, 0) is 128 Å². The summed E-state index contributed by atoms with van der Waals surface area (Å²) in [7, 11) is 1.43. The minimum atomic E-state index is -4.41. The molecule has 0 fully saturated rings. The average Bonchev–Trinajstić information content (AvgIpc) is 3.42. The fourth-order valence-corrected chi connectivity index (χ4v) is 8.30. The molecule has 0 aliphatic carbocycles. The summed E-state index contributed by atoms with van der Waals surface area (Å²) in [6.07, 6.45) is 90.0. The van der Waals surface area contributed by atoms with Gasteiger partial charge in [0.2, 0.25) is 0 Å². The molecule has 0 amide bonds. The van der Waals surface area contributed by atoms with Crippen LogP contribution >= 0.6 is 7.82 Å². The molecule has 0 bridgehead atoms. The summed E-state index contributed by atoms with van der Waals surface area (Å²) < 4.78 is 34.5. The highest BCUT2D eigenvalue weighted by atomic mass is 31.2. The quantitative estimate of drug-likeness (QED) is 0.0211. The first-order chi connectivity index (χ1) is 39.0. The second-order valence-electron chi connectivity index (χ2n) is 21.0. The fourth-order valence-electron chi connectivity index (χ4n) is 7.56. The molecule has 2 atom stereocenters. The lowest BCUT2D eigenvalue weighted by atomic mass is 10.1. The van der Waals surface area contributed by atoms with Gasteiger partial charge in [-0.3, -0.25) is 18.6 Å². The van der Waals surface area contributed by atoms with E-state index in [9.17, 15) is 19.0 Å². The van der Waals surface area contributed by atoms with Crippen molar-refractivity contribution in [3.05, 3.63) is 170 Å². The number of hydrogen-bond donors (Lipinski definition) is 1. The minimum Gasteiger partial charge on any atom is -0.462 e. The average molecular weight is 1130 g/mol. The Morgan fingerprint density at radius 2 is 0.675 bits per heavy atom. The Hall–Kier alpha value is -4.63. The molecule has 0 aliphatic rings. The number of phosphoric acid groups is 1. The van der Waals surface area contributed by atoms with E-state index in [-0.39, 0.29) is 26.1 Å². The lowest BCUT2D eigenvalue weighted by molar-refractivity contribution is -0.870. The molecule has 0 heterocycles. The summed E-state index contributed by atoms with van der Waals surface area (Å²) in [5.41, 5.74) is 0. The number of carbonyl (C=O) groups is 2. The lowest BCUT2D eigenvalue weighted by Gasteiger charge is -2.24. The smallest absolute Gasteiger partial charge is 0.462 e. The summed E-state index contributed by atoms with van der Waals surface area (Å²) in [5.74, 6) is -0.849. The van der Waals surface area contributed by atoms with E-state index in [0.717, 1.165) is 141 Å². The van der Waals surface area contributed by atoms with Crippen LogP contribution in [0.25, 0.3) is 0 Å². The van der Waals surface area contributed by atoms with Gasteiger partial charge in [0.1, 0.15) is 19.8 Å². The molecule has 0 radical (unpaired) electrons. The molecular formula is C70H113NO8P+. The Morgan fingerprint density at radius 1 is 0.388 bits per heavy atom. The zero-order valence-electron chi connectivity index (χ0n) is 51.0. The predicted octanol–water partition coefficient (Wildman–Crippen LogP) is 19.8. The molecule has 0 spiro atoms. The van der Waals surface area contributed by atoms with Gasteiger partial charge >= 0.3 is 19.8 Å². The van der Waals surface area contributed by atoms with Crippen molar-refractivity contribution in [2.24, 2.45) is 0 Å². The molecule has 2 unspecified atom stereocenters. The van der Waals surface area contributed by atoms with E-state index in [0.29, 0.717) is 23.9 Å². The van der Waals surface area contributed by atoms with Gasteiger partial charge in [0.05, 0.1) is 27.7 Å². The molecule has 10 heteroatoms. The first-order valence-electron chi connectivity index (χ1n) is 30.9. The monoisotopic (exact) mass is 1130 g/mol. The molecule has 1 N–H and O–H groups in total. The molecule has 0 saturated heterocycles. The van der Waals surface area contributed by atoms with Crippen molar-refractivity contribution in [2.45, 2.75) is 213 Å². The van der Waals surface area contributed by atoms with E-state index in [1.165, 1.54) is 25.7 Å². The van der Waals surface area contributed by atoms with Crippen molar-refractivity contribution >= 4 is 19.8 Å². The maximum atomic E-state index is 12.8. The van der Waals surface area contributed by atoms with Gasteiger partial charge in [0.15, 0.2) is 6.10 Å². The largest absolute Gasteiger partial charge is 0.472 e. The Bertz CT molecular complexity index is 1950. The molecule has 0 aromatic carbocycles. The van der Waals surface area contributed by atoms with E-state index in [4.69, 9.17) is 18.5 Å². The molecule has 80 heavy (non-hydrogen) atoms. The number of rotatable bonds is 54. The summed E-state index contributed by atoms with van der Waals surface area (Å²) >= 11 is 0. The van der Waals surface area contributed by atoms with Gasteiger partial charge in [-0.2, -0.15) is 0 Å². The van der Waals surface area contributed by atoms with E-state index >= 15 is 0 Å². The van der Waals surface area contributed by atoms with Gasteiger partial charge < -0.3 is 18.9 Å². The highest BCUT2D eigenvalue weighted by Crippen LogP contribution is 2.43. The lowest BCUT2D eigenvalue weighted by Crippen LogP contribution is -2.37. The zero-order valence-corrected chi connectivity index (χ0v) is 51.9. The summed E-state index contributed by atoms with van der Waals surface area (Å²) in [4.78, 5) is 35.7. The van der Waals surface area contributed by atoms with Crippen LogP contribution in [0.5, 0.6) is 0 Å². The molecule has 0 rings (SSSR count). The first-order valence-corrected chi connectivity index (χ1v) is 32.4. The summed E-state index contributed by atoms with van der Waals surface area (Å²) in [6.45, 7) is 4.14.